The van der Waals surface area contributed by atoms with Crippen LogP contribution in [0.3, 0.4) is 0 Å². The maximum atomic E-state index is 11.3. The molecule has 2 N–H and O–H groups in total. The molecule has 3 rings (SSSR count). The van der Waals surface area contributed by atoms with Crippen LogP contribution in [0.4, 0.5) is 0 Å². The molecule has 1 fully saturated rings. The maximum Gasteiger partial charge on any atom is 0.307 e. The van der Waals surface area contributed by atoms with Crippen LogP contribution in [0, 0.1) is 11.8 Å². The molecule has 4 heteroatoms. The standard InChI is InChI=1S/C13H12O4/c14-12(15)9-5-8-6-3-1-2-4-7(6)10(9)11(8)13(16)17/h1-4,8-11H,5H2,(H,14,15)(H,16,17). The number of carbonyl (C=O) groups is 2. The van der Waals surface area contributed by atoms with Gasteiger partial charge in [0.1, 0.15) is 0 Å². The smallest absolute Gasteiger partial charge is 0.307 e. The number of carboxylic acids is 2. The Morgan fingerprint density at radius 2 is 1.71 bits per heavy atom. The summed E-state index contributed by atoms with van der Waals surface area (Å²) in [6.45, 7) is 0. The van der Waals surface area contributed by atoms with Gasteiger partial charge in [-0.25, -0.2) is 0 Å². The molecule has 0 spiro atoms. The van der Waals surface area contributed by atoms with Crippen molar-refractivity contribution in [2.75, 3.05) is 0 Å². The highest BCUT2D eigenvalue weighted by Gasteiger charge is 2.56. The number of hydrogen-bond acceptors (Lipinski definition) is 2. The zero-order chi connectivity index (χ0) is 12.2. The molecule has 0 radical (unpaired) electrons. The molecule has 0 heterocycles. The van der Waals surface area contributed by atoms with Crippen LogP contribution in [0.15, 0.2) is 24.3 Å². The number of rotatable bonds is 2. The van der Waals surface area contributed by atoms with Gasteiger partial charge in [-0.2, -0.15) is 0 Å². The minimum absolute atomic E-state index is 0.130. The molecule has 4 atom stereocenters. The van der Waals surface area contributed by atoms with Crippen LogP contribution in [-0.4, -0.2) is 22.2 Å². The molecule has 2 bridgehead atoms. The molecule has 1 saturated carbocycles. The molecule has 0 saturated heterocycles. The van der Waals surface area contributed by atoms with Gasteiger partial charge in [-0.15, -0.1) is 0 Å². The van der Waals surface area contributed by atoms with Crippen molar-refractivity contribution in [2.45, 2.75) is 18.3 Å². The predicted molar refractivity (Wildman–Crippen MR) is 58.8 cm³/mol. The number of hydrogen-bond donors (Lipinski definition) is 2. The maximum absolute atomic E-state index is 11.3. The van der Waals surface area contributed by atoms with E-state index < -0.39 is 23.8 Å². The second kappa shape index (κ2) is 3.32. The summed E-state index contributed by atoms with van der Waals surface area (Å²) in [5.74, 6) is -3.34. The Bertz CT molecular complexity index is 508. The highest BCUT2D eigenvalue weighted by Crippen LogP contribution is 2.59. The van der Waals surface area contributed by atoms with Gasteiger partial charge in [-0.1, -0.05) is 24.3 Å². The van der Waals surface area contributed by atoms with Crippen molar-refractivity contribution in [3.05, 3.63) is 35.4 Å². The normalized spacial score (nSPS) is 33.4. The van der Waals surface area contributed by atoms with Gasteiger partial charge >= 0.3 is 11.9 Å². The Labute approximate surface area is 97.9 Å². The fourth-order valence-corrected chi connectivity index (χ4v) is 3.53. The number of fused-ring (bicyclic) bond motifs is 5. The van der Waals surface area contributed by atoms with Crippen LogP contribution >= 0.6 is 0 Å². The van der Waals surface area contributed by atoms with E-state index in [9.17, 15) is 14.7 Å². The average Bonchev–Trinajstić information content (AvgIpc) is 2.82. The Hall–Kier alpha value is -1.84. The molecule has 17 heavy (non-hydrogen) atoms. The Balaban J connectivity index is 2.12. The molecule has 1 aromatic rings. The van der Waals surface area contributed by atoms with Gasteiger partial charge in [0.15, 0.2) is 0 Å². The van der Waals surface area contributed by atoms with Crippen molar-refractivity contribution in [3.8, 4) is 0 Å². The van der Waals surface area contributed by atoms with E-state index in [-0.39, 0.29) is 11.8 Å². The summed E-state index contributed by atoms with van der Waals surface area (Å²) in [5.41, 5.74) is 1.95. The quantitative estimate of drug-likeness (QED) is 0.813. The highest BCUT2D eigenvalue weighted by molar-refractivity contribution is 5.81. The molecule has 4 nitrogen and oxygen atoms in total. The van der Waals surface area contributed by atoms with E-state index in [1.807, 2.05) is 24.3 Å². The molecule has 0 amide bonds. The van der Waals surface area contributed by atoms with Crippen molar-refractivity contribution in [3.63, 3.8) is 0 Å². The van der Waals surface area contributed by atoms with Crippen LogP contribution in [0.5, 0.6) is 0 Å². The third-order valence-corrected chi connectivity index (χ3v) is 4.12. The predicted octanol–water partition coefficient (Wildman–Crippen LogP) is 1.67. The Kier molecular flexibility index (Phi) is 2.02. The van der Waals surface area contributed by atoms with Gasteiger partial charge in [-0.3, -0.25) is 9.59 Å². The monoisotopic (exact) mass is 232 g/mol. The molecular formula is C13H12O4. The van der Waals surface area contributed by atoms with E-state index in [4.69, 9.17) is 5.11 Å². The third kappa shape index (κ3) is 1.24. The number of aliphatic carboxylic acids is 2. The molecule has 0 aromatic heterocycles. The van der Waals surface area contributed by atoms with Gasteiger partial charge in [0, 0.05) is 5.92 Å². The van der Waals surface area contributed by atoms with Crippen LogP contribution in [-0.2, 0) is 9.59 Å². The summed E-state index contributed by atoms with van der Waals surface area (Å²) in [7, 11) is 0. The topological polar surface area (TPSA) is 74.6 Å². The van der Waals surface area contributed by atoms with Crippen LogP contribution < -0.4 is 0 Å². The first kappa shape index (κ1) is 10.3. The second-order valence-electron chi connectivity index (χ2n) is 4.81. The number of benzene rings is 1. The molecule has 88 valence electrons. The molecule has 4 unspecified atom stereocenters. The minimum Gasteiger partial charge on any atom is -0.481 e. The SMILES string of the molecule is O=C(O)C1CC2c3ccccc3C1C2C(=O)O. The highest BCUT2D eigenvalue weighted by atomic mass is 16.4. The van der Waals surface area contributed by atoms with Gasteiger partial charge in [0.05, 0.1) is 11.8 Å². The zero-order valence-corrected chi connectivity index (χ0v) is 9.04. The van der Waals surface area contributed by atoms with E-state index in [1.165, 1.54) is 0 Å². The van der Waals surface area contributed by atoms with Crippen LogP contribution in [0.2, 0.25) is 0 Å². The minimum atomic E-state index is -0.877. The largest absolute Gasteiger partial charge is 0.481 e. The van der Waals surface area contributed by atoms with Crippen LogP contribution in [0.1, 0.15) is 29.4 Å². The summed E-state index contributed by atoms with van der Waals surface area (Å²) < 4.78 is 0. The van der Waals surface area contributed by atoms with Crippen LogP contribution in [0.25, 0.3) is 0 Å². The summed E-state index contributed by atoms with van der Waals surface area (Å²) in [5, 5.41) is 18.4. The zero-order valence-electron chi connectivity index (χ0n) is 9.04. The first-order valence-electron chi connectivity index (χ1n) is 5.65. The summed E-state index contributed by atoms with van der Waals surface area (Å²) >= 11 is 0. The van der Waals surface area contributed by atoms with E-state index in [0.717, 1.165) is 11.1 Å². The van der Waals surface area contributed by atoms with Crippen molar-refractivity contribution in [1.29, 1.82) is 0 Å². The Morgan fingerprint density at radius 3 is 2.29 bits per heavy atom. The lowest BCUT2D eigenvalue weighted by Crippen LogP contribution is -2.23. The number of carboxylic acid groups (broad SMARTS) is 2. The molecule has 2 aliphatic rings. The summed E-state index contributed by atoms with van der Waals surface area (Å²) in [6.07, 6.45) is 0.452. The summed E-state index contributed by atoms with van der Waals surface area (Å²) in [4.78, 5) is 22.5. The second-order valence-corrected chi connectivity index (χ2v) is 4.81. The first-order chi connectivity index (χ1) is 8.11. The van der Waals surface area contributed by atoms with Crippen molar-refractivity contribution in [2.24, 2.45) is 11.8 Å². The van der Waals surface area contributed by atoms with E-state index in [0.29, 0.717) is 6.42 Å². The van der Waals surface area contributed by atoms with Gasteiger partial charge in [0.2, 0.25) is 0 Å². The molecule has 1 aromatic carbocycles. The lowest BCUT2D eigenvalue weighted by Gasteiger charge is -2.20. The van der Waals surface area contributed by atoms with E-state index >= 15 is 0 Å². The van der Waals surface area contributed by atoms with E-state index in [1.54, 1.807) is 0 Å². The fourth-order valence-electron chi connectivity index (χ4n) is 3.53. The van der Waals surface area contributed by atoms with Gasteiger partial charge in [-0.05, 0) is 23.5 Å². The van der Waals surface area contributed by atoms with Crippen molar-refractivity contribution < 1.29 is 19.8 Å². The first-order valence-corrected chi connectivity index (χ1v) is 5.65. The van der Waals surface area contributed by atoms with Gasteiger partial charge in [0.25, 0.3) is 0 Å². The van der Waals surface area contributed by atoms with Gasteiger partial charge < -0.3 is 10.2 Å². The summed E-state index contributed by atoms with van der Waals surface area (Å²) in [6, 6.07) is 7.52. The lowest BCUT2D eigenvalue weighted by molar-refractivity contribution is -0.144. The average molecular weight is 232 g/mol. The molecular weight excluding hydrogens is 220 g/mol. The van der Waals surface area contributed by atoms with Crippen molar-refractivity contribution >= 4 is 11.9 Å². The molecule has 0 aliphatic heterocycles. The third-order valence-electron chi connectivity index (χ3n) is 4.12. The van der Waals surface area contributed by atoms with E-state index in [2.05, 4.69) is 0 Å². The Morgan fingerprint density at radius 1 is 1.06 bits per heavy atom. The lowest BCUT2D eigenvalue weighted by atomic mass is 9.83. The molecule has 2 aliphatic carbocycles. The fraction of sp³-hybridized carbons (Fsp3) is 0.385. The van der Waals surface area contributed by atoms with Crippen molar-refractivity contribution in [1.82, 2.24) is 0 Å².